The second-order valence-corrected chi connectivity index (χ2v) is 6.09. The van der Waals surface area contributed by atoms with Crippen molar-refractivity contribution in [1.29, 1.82) is 0 Å². The minimum Gasteiger partial charge on any atom is -0.494 e. The van der Waals surface area contributed by atoms with Crippen LogP contribution in [-0.2, 0) is 11.8 Å². The number of aromatic nitrogens is 2. The van der Waals surface area contributed by atoms with E-state index in [1.54, 1.807) is 6.20 Å². The molecule has 1 aliphatic heterocycles. The zero-order valence-corrected chi connectivity index (χ0v) is 14.7. The lowest BCUT2D eigenvalue weighted by molar-refractivity contribution is -0.118. The van der Waals surface area contributed by atoms with Gasteiger partial charge in [-0.05, 0) is 31.2 Å². The summed E-state index contributed by atoms with van der Waals surface area (Å²) in [5.41, 5.74) is 0.775. The Kier molecular flexibility index (Phi) is 5.67. The van der Waals surface area contributed by atoms with Gasteiger partial charge in [-0.25, -0.2) is 4.98 Å². The molecular formula is C18H25N5O2. The van der Waals surface area contributed by atoms with Gasteiger partial charge in [-0.3, -0.25) is 9.69 Å². The zero-order valence-electron chi connectivity index (χ0n) is 14.7. The Morgan fingerprint density at radius 3 is 2.88 bits per heavy atom. The summed E-state index contributed by atoms with van der Waals surface area (Å²) in [5, 5.41) is 6.34. The van der Waals surface area contributed by atoms with E-state index in [9.17, 15) is 4.79 Å². The predicted molar refractivity (Wildman–Crippen MR) is 96.6 cm³/mol. The number of piperazine rings is 1. The fraction of sp³-hybridized carbons (Fsp3) is 0.444. The van der Waals surface area contributed by atoms with Crippen LogP contribution in [0.5, 0.6) is 5.75 Å². The summed E-state index contributed by atoms with van der Waals surface area (Å²) in [5.74, 6) is 1.75. The van der Waals surface area contributed by atoms with Gasteiger partial charge < -0.3 is 19.9 Å². The van der Waals surface area contributed by atoms with E-state index in [-0.39, 0.29) is 11.9 Å². The lowest BCUT2D eigenvalue weighted by Crippen LogP contribution is -2.49. The molecule has 0 saturated carbocycles. The Morgan fingerprint density at radius 1 is 1.40 bits per heavy atom. The molecule has 1 aromatic carbocycles. The maximum absolute atomic E-state index is 12.5. The minimum atomic E-state index is -0.0229. The number of ether oxygens (including phenoxy) is 1. The average Bonchev–Trinajstić information content (AvgIpc) is 3.03. The Bertz CT molecular complexity index is 698. The number of nitrogens with zero attached hydrogens (tertiary/aromatic N) is 3. The van der Waals surface area contributed by atoms with Gasteiger partial charge in [-0.1, -0.05) is 0 Å². The molecule has 0 radical (unpaired) electrons. The van der Waals surface area contributed by atoms with Crippen LogP contribution in [-0.4, -0.2) is 53.1 Å². The van der Waals surface area contributed by atoms with Crippen molar-refractivity contribution in [3.8, 4) is 5.75 Å². The van der Waals surface area contributed by atoms with E-state index < -0.39 is 0 Å². The van der Waals surface area contributed by atoms with Crippen molar-refractivity contribution in [2.24, 2.45) is 7.05 Å². The van der Waals surface area contributed by atoms with Crippen LogP contribution in [0, 0.1) is 0 Å². The van der Waals surface area contributed by atoms with E-state index in [1.807, 2.05) is 49.0 Å². The van der Waals surface area contributed by atoms with Gasteiger partial charge in [0.05, 0.1) is 19.2 Å². The fourth-order valence-corrected chi connectivity index (χ4v) is 3.07. The number of imidazole rings is 1. The molecule has 2 heterocycles. The van der Waals surface area contributed by atoms with Crippen LogP contribution in [0.4, 0.5) is 5.69 Å². The molecule has 0 aliphatic carbocycles. The van der Waals surface area contributed by atoms with Gasteiger partial charge in [0, 0.05) is 44.8 Å². The van der Waals surface area contributed by atoms with Gasteiger partial charge in [0.25, 0.3) is 0 Å². The molecule has 3 rings (SSSR count). The molecule has 0 spiro atoms. The Morgan fingerprint density at radius 2 is 2.20 bits per heavy atom. The standard InChI is InChI=1S/C18H25N5O2/c1-3-25-15-6-4-14(5-7-15)21-17(24)13-23-11-8-19-12-16(23)18-20-9-10-22(18)2/h4-7,9-10,16,19H,3,8,11-13H2,1-2H3,(H,21,24). The second kappa shape index (κ2) is 8.13. The molecule has 0 bridgehead atoms. The lowest BCUT2D eigenvalue weighted by atomic mass is 10.1. The highest BCUT2D eigenvalue weighted by molar-refractivity contribution is 5.92. The van der Waals surface area contributed by atoms with Crippen molar-refractivity contribution in [2.45, 2.75) is 13.0 Å². The van der Waals surface area contributed by atoms with E-state index in [0.717, 1.165) is 36.9 Å². The zero-order chi connectivity index (χ0) is 17.6. The Balaban J connectivity index is 1.61. The Labute approximate surface area is 148 Å². The highest BCUT2D eigenvalue weighted by Crippen LogP contribution is 2.20. The topological polar surface area (TPSA) is 71.4 Å². The molecule has 7 heteroatoms. The maximum atomic E-state index is 12.5. The van der Waals surface area contributed by atoms with Crippen LogP contribution in [0.15, 0.2) is 36.7 Å². The summed E-state index contributed by atoms with van der Waals surface area (Å²) < 4.78 is 7.43. The van der Waals surface area contributed by atoms with Crippen LogP contribution in [0.3, 0.4) is 0 Å². The summed E-state index contributed by atoms with van der Waals surface area (Å²) in [6.07, 6.45) is 3.73. The van der Waals surface area contributed by atoms with Crippen molar-refractivity contribution in [1.82, 2.24) is 19.8 Å². The SMILES string of the molecule is CCOc1ccc(NC(=O)CN2CCNCC2c2nccn2C)cc1. The van der Waals surface area contributed by atoms with E-state index in [0.29, 0.717) is 13.2 Å². The van der Waals surface area contributed by atoms with Crippen molar-refractivity contribution < 1.29 is 9.53 Å². The number of nitrogens with one attached hydrogen (secondary N) is 2. The summed E-state index contributed by atoms with van der Waals surface area (Å²) in [4.78, 5) is 19.1. The molecule has 1 aliphatic rings. The van der Waals surface area contributed by atoms with Gasteiger partial charge in [0.15, 0.2) is 0 Å². The summed E-state index contributed by atoms with van der Waals surface area (Å²) in [6, 6.07) is 7.54. The van der Waals surface area contributed by atoms with Gasteiger partial charge in [-0.15, -0.1) is 0 Å². The highest BCUT2D eigenvalue weighted by Gasteiger charge is 2.28. The average molecular weight is 343 g/mol. The summed E-state index contributed by atoms with van der Waals surface area (Å²) in [7, 11) is 1.98. The highest BCUT2D eigenvalue weighted by atomic mass is 16.5. The number of anilines is 1. The third-order valence-corrected chi connectivity index (χ3v) is 4.31. The van der Waals surface area contributed by atoms with Crippen molar-refractivity contribution in [2.75, 3.05) is 38.1 Å². The quantitative estimate of drug-likeness (QED) is 0.830. The molecule has 2 aromatic rings. The molecule has 134 valence electrons. The van der Waals surface area contributed by atoms with Crippen LogP contribution in [0.25, 0.3) is 0 Å². The van der Waals surface area contributed by atoms with E-state index in [4.69, 9.17) is 4.74 Å². The fourth-order valence-electron chi connectivity index (χ4n) is 3.07. The molecule has 1 aromatic heterocycles. The van der Waals surface area contributed by atoms with Crippen LogP contribution >= 0.6 is 0 Å². The molecule has 1 saturated heterocycles. The number of rotatable bonds is 6. The third-order valence-electron chi connectivity index (χ3n) is 4.31. The molecule has 1 fully saturated rings. The molecule has 25 heavy (non-hydrogen) atoms. The number of carbonyl (C=O) groups excluding carboxylic acids is 1. The normalized spacial score (nSPS) is 18.1. The lowest BCUT2D eigenvalue weighted by Gasteiger charge is -2.35. The van der Waals surface area contributed by atoms with Gasteiger partial charge in [-0.2, -0.15) is 0 Å². The van der Waals surface area contributed by atoms with Gasteiger partial charge in [0.2, 0.25) is 5.91 Å². The predicted octanol–water partition coefficient (Wildman–Crippen LogP) is 1.40. The van der Waals surface area contributed by atoms with Crippen molar-refractivity contribution >= 4 is 11.6 Å². The molecule has 7 nitrogen and oxygen atoms in total. The first-order valence-corrected chi connectivity index (χ1v) is 8.62. The smallest absolute Gasteiger partial charge is 0.238 e. The van der Waals surface area contributed by atoms with E-state index in [1.165, 1.54) is 0 Å². The molecule has 1 atom stereocenters. The Hall–Kier alpha value is -2.38. The number of hydrogen-bond donors (Lipinski definition) is 2. The van der Waals surface area contributed by atoms with Gasteiger partial charge in [0.1, 0.15) is 11.6 Å². The van der Waals surface area contributed by atoms with Crippen molar-refractivity contribution in [3.05, 3.63) is 42.5 Å². The van der Waals surface area contributed by atoms with E-state index in [2.05, 4.69) is 20.5 Å². The van der Waals surface area contributed by atoms with Gasteiger partial charge >= 0.3 is 0 Å². The number of carbonyl (C=O) groups is 1. The molecule has 2 N–H and O–H groups in total. The van der Waals surface area contributed by atoms with Crippen LogP contribution in [0.2, 0.25) is 0 Å². The van der Waals surface area contributed by atoms with Crippen LogP contribution in [0.1, 0.15) is 18.8 Å². The second-order valence-electron chi connectivity index (χ2n) is 6.09. The first-order valence-electron chi connectivity index (χ1n) is 8.62. The number of amides is 1. The summed E-state index contributed by atoms with van der Waals surface area (Å²) >= 11 is 0. The van der Waals surface area contributed by atoms with Crippen LogP contribution < -0.4 is 15.4 Å². The number of benzene rings is 1. The first kappa shape index (κ1) is 17.4. The minimum absolute atomic E-state index is 0.0229. The number of aryl methyl sites for hydroxylation is 1. The maximum Gasteiger partial charge on any atom is 0.238 e. The first-order chi connectivity index (χ1) is 12.2. The number of hydrogen-bond acceptors (Lipinski definition) is 5. The van der Waals surface area contributed by atoms with Crippen molar-refractivity contribution in [3.63, 3.8) is 0 Å². The third kappa shape index (κ3) is 4.37. The molecule has 1 unspecified atom stereocenters. The monoisotopic (exact) mass is 343 g/mol. The molecular weight excluding hydrogens is 318 g/mol. The largest absolute Gasteiger partial charge is 0.494 e. The molecule has 1 amide bonds. The summed E-state index contributed by atoms with van der Waals surface area (Å²) in [6.45, 7) is 5.39. The van der Waals surface area contributed by atoms with E-state index >= 15 is 0 Å².